The number of rotatable bonds is 12. The Kier molecular flexibility index (Phi) is 9.13. The van der Waals surface area contributed by atoms with Crippen LogP contribution in [0.5, 0.6) is 5.75 Å². The van der Waals surface area contributed by atoms with E-state index >= 15 is 0 Å². The zero-order chi connectivity index (χ0) is 25.9. The van der Waals surface area contributed by atoms with Crippen LogP contribution in [0.15, 0.2) is 102 Å². The van der Waals surface area contributed by atoms with Crippen molar-refractivity contribution in [3.8, 4) is 22.6 Å². The van der Waals surface area contributed by atoms with E-state index in [1.54, 1.807) is 0 Å². The lowest BCUT2D eigenvalue weighted by molar-refractivity contribution is -0.143. The van der Waals surface area contributed by atoms with Gasteiger partial charge < -0.3 is 18.9 Å². The topological polar surface area (TPSA) is 62.0 Å². The molecule has 0 unspecified atom stereocenters. The van der Waals surface area contributed by atoms with Gasteiger partial charge in [-0.1, -0.05) is 59.8 Å². The third kappa shape index (κ3) is 7.34. The van der Waals surface area contributed by atoms with Crippen molar-refractivity contribution in [2.45, 2.75) is 26.7 Å². The number of aromatic nitrogens is 1. The second-order valence-corrected chi connectivity index (χ2v) is 8.47. The van der Waals surface area contributed by atoms with Crippen LogP contribution < -0.4 is 4.74 Å². The highest BCUT2D eigenvalue weighted by Gasteiger charge is 2.08. The van der Waals surface area contributed by atoms with E-state index in [2.05, 4.69) is 46.1 Å². The molecule has 1 aromatic heterocycles. The lowest BCUT2D eigenvalue weighted by Crippen LogP contribution is -2.07. The Hall–Kier alpha value is -4.32. The molecule has 190 valence electrons. The fraction of sp³-hybridized carbons (Fsp3) is 0.226. The summed E-state index contributed by atoms with van der Waals surface area (Å²) in [6.07, 6.45) is 2.97. The monoisotopic (exact) mass is 496 g/mol. The molecular weight excluding hydrogens is 464 g/mol. The maximum absolute atomic E-state index is 11.7. The number of ether oxygens (including phenoxy) is 2. The van der Waals surface area contributed by atoms with Gasteiger partial charge in [0.15, 0.2) is 6.61 Å². The number of hydrogen-bond acceptors (Lipinski definition) is 5. The van der Waals surface area contributed by atoms with Gasteiger partial charge >= 0.3 is 5.97 Å². The van der Waals surface area contributed by atoms with Gasteiger partial charge in [-0.2, -0.15) is 0 Å². The van der Waals surface area contributed by atoms with Crippen molar-refractivity contribution in [1.82, 2.24) is 4.57 Å². The van der Waals surface area contributed by atoms with Crippen molar-refractivity contribution in [2.75, 3.05) is 19.8 Å². The fourth-order valence-electron chi connectivity index (χ4n) is 3.96. The summed E-state index contributed by atoms with van der Waals surface area (Å²) >= 11 is 0. The number of carbonyl (C=O) groups excluding carboxylic acids is 1. The number of hydrogen-bond donors (Lipinski definition) is 0. The molecule has 0 saturated heterocycles. The van der Waals surface area contributed by atoms with E-state index < -0.39 is 0 Å². The van der Waals surface area contributed by atoms with E-state index in [4.69, 9.17) is 14.3 Å². The van der Waals surface area contributed by atoms with Crippen LogP contribution in [0.2, 0.25) is 0 Å². The van der Waals surface area contributed by atoms with Crippen LogP contribution in [0, 0.1) is 0 Å². The summed E-state index contributed by atoms with van der Waals surface area (Å²) in [6, 6.07) is 30.4. The first-order valence-electron chi connectivity index (χ1n) is 12.5. The van der Waals surface area contributed by atoms with Gasteiger partial charge in [-0.25, -0.2) is 0 Å². The van der Waals surface area contributed by atoms with Crippen LogP contribution in [0.3, 0.4) is 0 Å². The van der Waals surface area contributed by atoms with Crippen molar-refractivity contribution >= 4 is 11.7 Å². The summed E-state index contributed by atoms with van der Waals surface area (Å²) in [7, 11) is 0. The van der Waals surface area contributed by atoms with E-state index in [1.807, 2.05) is 74.6 Å². The Morgan fingerprint density at radius 3 is 2.30 bits per heavy atom. The molecule has 4 aromatic rings. The summed E-state index contributed by atoms with van der Waals surface area (Å²) in [5.41, 5.74) is 6.25. The normalized spacial score (nSPS) is 11.2. The van der Waals surface area contributed by atoms with Crippen LogP contribution in [0.4, 0.5) is 0 Å². The van der Waals surface area contributed by atoms with E-state index in [0.717, 1.165) is 28.4 Å². The number of carbonyl (C=O) groups is 1. The molecule has 6 heteroatoms. The van der Waals surface area contributed by atoms with Gasteiger partial charge in [0.05, 0.1) is 18.7 Å². The minimum Gasteiger partial charge on any atom is -0.490 e. The van der Waals surface area contributed by atoms with Crippen LogP contribution in [-0.4, -0.2) is 36.1 Å². The van der Waals surface area contributed by atoms with E-state index in [-0.39, 0.29) is 5.97 Å². The molecule has 0 atom stereocenters. The molecule has 0 fully saturated rings. The third-order valence-corrected chi connectivity index (χ3v) is 5.89. The van der Waals surface area contributed by atoms with Crippen molar-refractivity contribution in [3.05, 3.63) is 108 Å². The number of oxime groups is 1. The second-order valence-electron chi connectivity index (χ2n) is 8.47. The van der Waals surface area contributed by atoms with Crippen LogP contribution in [0.25, 0.3) is 16.8 Å². The largest absolute Gasteiger partial charge is 0.490 e. The zero-order valence-corrected chi connectivity index (χ0v) is 21.3. The zero-order valence-electron chi connectivity index (χ0n) is 21.3. The maximum atomic E-state index is 11.7. The van der Waals surface area contributed by atoms with E-state index in [9.17, 15) is 4.79 Å². The minimum absolute atomic E-state index is 0.179. The summed E-state index contributed by atoms with van der Waals surface area (Å²) in [4.78, 5) is 17.2. The molecule has 0 radical (unpaired) electrons. The molecule has 0 amide bonds. The van der Waals surface area contributed by atoms with Crippen LogP contribution in [0.1, 0.15) is 31.5 Å². The molecule has 3 aromatic carbocycles. The van der Waals surface area contributed by atoms with E-state index in [0.29, 0.717) is 32.7 Å². The number of nitrogens with zero attached hydrogens (tertiary/aromatic N) is 2. The molecule has 0 aliphatic carbocycles. The first-order valence-corrected chi connectivity index (χ1v) is 12.5. The Balaban J connectivity index is 1.23. The molecule has 0 saturated carbocycles. The highest BCUT2D eigenvalue weighted by Crippen LogP contribution is 2.20. The molecule has 1 heterocycles. The predicted molar refractivity (Wildman–Crippen MR) is 146 cm³/mol. The first-order chi connectivity index (χ1) is 18.1. The smallest absolute Gasteiger partial charge is 0.306 e. The maximum Gasteiger partial charge on any atom is 0.306 e. The SMILES string of the molecule is CCOC(=O)CCc1cccn1-c1ccc(OCCO/N=C(/C)c2ccc(-c3ccccc3)cc2)cc1. The highest BCUT2D eigenvalue weighted by molar-refractivity contribution is 5.98. The van der Waals surface area contributed by atoms with Gasteiger partial charge in [0.2, 0.25) is 0 Å². The third-order valence-electron chi connectivity index (χ3n) is 5.89. The van der Waals surface area contributed by atoms with Crippen molar-refractivity contribution in [2.24, 2.45) is 5.16 Å². The molecule has 0 bridgehead atoms. The standard InChI is InChI=1S/C31H32N2O4/c1-3-35-31(34)20-17-28-10-7-21-33(28)29-15-18-30(19-16-29)36-22-23-37-32-24(2)25-11-13-27(14-12-25)26-8-5-4-6-9-26/h4-16,18-19,21H,3,17,20,22-23H2,1-2H3/b32-24-. The number of benzene rings is 3. The van der Waals surface area contributed by atoms with Gasteiger partial charge in [-0.15, -0.1) is 0 Å². The van der Waals surface area contributed by atoms with Gasteiger partial charge in [0.25, 0.3) is 0 Å². The lowest BCUT2D eigenvalue weighted by atomic mass is 10.0. The van der Waals surface area contributed by atoms with Gasteiger partial charge in [0, 0.05) is 17.6 Å². The van der Waals surface area contributed by atoms with Gasteiger partial charge in [-0.3, -0.25) is 4.79 Å². The molecule has 0 aliphatic heterocycles. The average Bonchev–Trinajstić information content (AvgIpc) is 3.41. The molecule has 4 rings (SSSR count). The van der Waals surface area contributed by atoms with Crippen molar-refractivity contribution < 1.29 is 19.1 Å². The first kappa shape index (κ1) is 25.8. The van der Waals surface area contributed by atoms with E-state index in [1.165, 1.54) is 11.1 Å². The number of aryl methyl sites for hydroxylation is 1. The predicted octanol–water partition coefficient (Wildman–Crippen LogP) is 6.46. The molecule has 6 nitrogen and oxygen atoms in total. The summed E-state index contributed by atoms with van der Waals surface area (Å²) in [5, 5.41) is 4.23. The average molecular weight is 497 g/mol. The minimum atomic E-state index is -0.179. The molecule has 37 heavy (non-hydrogen) atoms. The quantitative estimate of drug-likeness (QED) is 0.0977. The second kappa shape index (κ2) is 13.1. The summed E-state index contributed by atoms with van der Waals surface area (Å²) < 4.78 is 12.9. The van der Waals surface area contributed by atoms with Crippen molar-refractivity contribution in [3.63, 3.8) is 0 Å². The highest BCUT2D eigenvalue weighted by atomic mass is 16.6. The van der Waals surface area contributed by atoms with Crippen molar-refractivity contribution in [1.29, 1.82) is 0 Å². The Labute approximate surface area is 218 Å². The van der Waals surface area contributed by atoms with Crippen LogP contribution in [-0.2, 0) is 20.8 Å². The Bertz CT molecular complexity index is 1290. The van der Waals surface area contributed by atoms with Gasteiger partial charge in [-0.05, 0) is 73.4 Å². The summed E-state index contributed by atoms with van der Waals surface area (Å²) in [5.74, 6) is 0.575. The molecular formula is C31H32N2O4. The Morgan fingerprint density at radius 2 is 1.57 bits per heavy atom. The fourth-order valence-corrected chi connectivity index (χ4v) is 3.96. The molecule has 0 N–H and O–H groups in total. The molecule has 0 aliphatic rings. The molecule has 0 spiro atoms. The summed E-state index contributed by atoms with van der Waals surface area (Å²) in [6.45, 7) is 4.88. The Morgan fingerprint density at radius 1 is 0.838 bits per heavy atom. The van der Waals surface area contributed by atoms with Gasteiger partial charge in [0.1, 0.15) is 12.4 Å². The van der Waals surface area contributed by atoms with Crippen LogP contribution >= 0.6 is 0 Å². The lowest BCUT2D eigenvalue weighted by Gasteiger charge is -2.11. The number of esters is 1.